The molecule has 2 aliphatic carbocycles. The number of likely N-dealkylation sites (tertiary alicyclic amines) is 1. The van der Waals surface area contributed by atoms with Crippen molar-refractivity contribution in [3.63, 3.8) is 0 Å². The Balaban J connectivity index is 1.28. The van der Waals surface area contributed by atoms with Crippen molar-refractivity contribution < 1.29 is 4.74 Å². The summed E-state index contributed by atoms with van der Waals surface area (Å²) in [5.74, 6) is 2.28. The van der Waals surface area contributed by atoms with E-state index in [-0.39, 0.29) is 6.10 Å². The highest BCUT2D eigenvalue weighted by atomic mass is 32.1. The lowest BCUT2D eigenvalue weighted by Crippen LogP contribution is -2.38. The fourth-order valence-electron chi connectivity index (χ4n) is 5.13. The normalized spacial score (nSPS) is 30.2. The van der Waals surface area contributed by atoms with E-state index in [2.05, 4.69) is 61.9 Å². The van der Waals surface area contributed by atoms with Gasteiger partial charge in [-0.15, -0.1) is 5.10 Å². The molecule has 0 radical (unpaired) electrons. The molecule has 0 bridgehead atoms. The predicted molar refractivity (Wildman–Crippen MR) is 115 cm³/mol. The maximum Gasteiger partial charge on any atom is 0.0967 e. The van der Waals surface area contributed by atoms with E-state index in [9.17, 15) is 0 Å². The van der Waals surface area contributed by atoms with Crippen molar-refractivity contribution in [1.29, 1.82) is 0 Å². The fourth-order valence-corrected chi connectivity index (χ4v) is 5.79. The van der Waals surface area contributed by atoms with Gasteiger partial charge >= 0.3 is 0 Å². The van der Waals surface area contributed by atoms with Crippen molar-refractivity contribution in [2.24, 2.45) is 17.8 Å². The molecular weight excluding hydrogens is 382 g/mol. The van der Waals surface area contributed by atoms with Crippen LogP contribution in [0.3, 0.4) is 0 Å². The molecule has 3 aliphatic rings. The van der Waals surface area contributed by atoms with E-state index in [1.54, 1.807) is 11.3 Å². The van der Waals surface area contributed by atoms with Gasteiger partial charge in [-0.1, -0.05) is 5.21 Å². The SMILES string of the molecule is CN(C)Cc1cn([C@@H]2C[C@@H]3CN(Cc4ccsc4)C[C@@H]3C[C@H]2OCC2CC2)nn1. The lowest BCUT2D eigenvalue weighted by Gasteiger charge is -2.37. The first-order valence-electron chi connectivity index (χ1n) is 11.0. The third-order valence-electron chi connectivity index (χ3n) is 6.77. The van der Waals surface area contributed by atoms with Crippen LogP contribution in [0.4, 0.5) is 0 Å². The van der Waals surface area contributed by atoms with Crippen LogP contribution in [0, 0.1) is 17.8 Å². The smallest absolute Gasteiger partial charge is 0.0967 e. The van der Waals surface area contributed by atoms with E-state index in [0.717, 1.165) is 56.0 Å². The molecule has 2 aromatic rings. The highest BCUT2D eigenvalue weighted by Gasteiger charge is 2.44. The van der Waals surface area contributed by atoms with Crippen LogP contribution in [0.1, 0.15) is 43.0 Å². The quantitative estimate of drug-likeness (QED) is 0.662. The van der Waals surface area contributed by atoms with Crippen molar-refractivity contribution in [3.8, 4) is 0 Å². The van der Waals surface area contributed by atoms with E-state index in [4.69, 9.17) is 4.74 Å². The lowest BCUT2D eigenvalue weighted by atomic mass is 9.77. The molecule has 29 heavy (non-hydrogen) atoms. The second-order valence-electron chi connectivity index (χ2n) is 9.63. The molecular formula is C22H33N5OS. The minimum absolute atomic E-state index is 0.270. The number of hydrogen-bond donors (Lipinski definition) is 0. The van der Waals surface area contributed by atoms with Crippen molar-refractivity contribution in [1.82, 2.24) is 24.8 Å². The standard InChI is InChI=1S/C22H33N5OS/c1-25(2)12-20-13-27(24-23-20)21-7-18-10-26(9-17-5-6-29-15-17)11-19(18)8-22(21)28-14-16-3-4-16/h5-6,13,15-16,18-19,21-22H,3-4,7-12,14H2,1-2H3/t18-,19+,21-,22-/m1/s1. The zero-order valence-electron chi connectivity index (χ0n) is 17.6. The van der Waals surface area contributed by atoms with E-state index < -0.39 is 0 Å². The predicted octanol–water partition coefficient (Wildman–Crippen LogP) is 3.28. The van der Waals surface area contributed by atoms with Gasteiger partial charge < -0.3 is 9.64 Å². The second kappa shape index (κ2) is 8.46. The molecule has 0 spiro atoms. The summed E-state index contributed by atoms with van der Waals surface area (Å²) in [5.41, 5.74) is 2.50. The molecule has 5 rings (SSSR count). The molecule has 7 heteroatoms. The third-order valence-corrected chi connectivity index (χ3v) is 7.50. The zero-order valence-corrected chi connectivity index (χ0v) is 18.4. The van der Waals surface area contributed by atoms with Crippen molar-refractivity contribution in [2.75, 3.05) is 33.8 Å². The third kappa shape index (κ3) is 4.74. The van der Waals surface area contributed by atoms with Gasteiger partial charge in [0.1, 0.15) is 0 Å². The topological polar surface area (TPSA) is 46.4 Å². The zero-order chi connectivity index (χ0) is 19.8. The van der Waals surface area contributed by atoms with Crippen molar-refractivity contribution in [2.45, 2.75) is 50.9 Å². The maximum absolute atomic E-state index is 6.50. The van der Waals surface area contributed by atoms with Gasteiger partial charge in [0.25, 0.3) is 0 Å². The number of hydrogen-bond acceptors (Lipinski definition) is 6. The summed E-state index contributed by atoms with van der Waals surface area (Å²) in [7, 11) is 4.15. The largest absolute Gasteiger partial charge is 0.376 e. The Bertz CT molecular complexity index is 787. The van der Waals surface area contributed by atoms with Gasteiger partial charge in [-0.2, -0.15) is 11.3 Å². The summed E-state index contributed by atoms with van der Waals surface area (Å²) in [6, 6.07) is 2.58. The molecule has 158 valence electrons. The van der Waals surface area contributed by atoms with Crippen molar-refractivity contribution >= 4 is 11.3 Å². The number of rotatable bonds is 8. The van der Waals surface area contributed by atoms with Gasteiger partial charge in [-0.3, -0.25) is 4.90 Å². The number of fused-ring (bicyclic) bond motifs is 1. The maximum atomic E-state index is 6.50. The minimum atomic E-state index is 0.270. The molecule has 4 atom stereocenters. The summed E-state index contributed by atoms with van der Waals surface area (Å²) in [4.78, 5) is 4.79. The molecule has 1 aliphatic heterocycles. The highest BCUT2D eigenvalue weighted by Crippen LogP contribution is 2.43. The number of nitrogens with zero attached hydrogens (tertiary/aromatic N) is 5. The first kappa shape index (κ1) is 19.7. The van der Waals surface area contributed by atoms with Gasteiger partial charge in [0.05, 0.1) is 24.0 Å². The Morgan fingerprint density at radius 1 is 1.21 bits per heavy atom. The molecule has 2 saturated carbocycles. The van der Waals surface area contributed by atoms with Crippen LogP contribution in [0.15, 0.2) is 23.0 Å². The number of aromatic nitrogens is 3. The average Bonchev–Trinajstić information content (AvgIpc) is 3.06. The van der Waals surface area contributed by atoms with Gasteiger partial charge in [0.15, 0.2) is 0 Å². The van der Waals surface area contributed by atoms with E-state index in [0.29, 0.717) is 6.04 Å². The molecule has 3 heterocycles. The fraction of sp³-hybridized carbons (Fsp3) is 0.727. The summed E-state index contributed by atoms with van der Waals surface area (Å²) in [5, 5.41) is 13.4. The molecule has 0 amide bonds. The molecule has 0 aromatic carbocycles. The van der Waals surface area contributed by atoms with E-state index in [1.807, 2.05) is 0 Å². The summed E-state index contributed by atoms with van der Waals surface area (Å²) in [6.45, 7) is 5.26. The summed E-state index contributed by atoms with van der Waals surface area (Å²) >= 11 is 1.80. The summed E-state index contributed by atoms with van der Waals surface area (Å²) < 4.78 is 8.62. The highest BCUT2D eigenvalue weighted by molar-refractivity contribution is 7.07. The van der Waals surface area contributed by atoms with E-state index in [1.165, 1.54) is 31.5 Å². The molecule has 2 aromatic heterocycles. The molecule has 1 saturated heterocycles. The Hall–Kier alpha value is -1.28. The first-order chi connectivity index (χ1) is 14.1. The second-order valence-corrected chi connectivity index (χ2v) is 10.4. The summed E-state index contributed by atoms with van der Waals surface area (Å²) in [6.07, 6.45) is 7.42. The molecule has 0 N–H and O–H groups in total. The Morgan fingerprint density at radius 3 is 2.76 bits per heavy atom. The Kier molecular flexibility index (Phi) is 5.74. The van der Waals surface area contributed by atoms with Gasteiger partial charge in [-0.05, 0) is 79.9 Å². The van der Waals surface area contributed by atoms with Crippen molar-refractivity contribution in [3.05, 3.63) is 34.3 Å². The van der Waals surface area contributed by atoms with Crippen LogP contribution >= 0.6 is 11.3 Å². The van der Waals surface area contributed by atoms with Crippen LogP contribution < -0.4 is 0 Å². The Labute approximate surface area is 177 Å². The molecule has 6 nitrogen and oxygen atoms in total. The molecule has 3 fully saturated rings. The first-order valence-corrected chi connectivity index (χ1v) is 12.0. The van der Waals surface area contributed by atoms with Crippen LogP contribution in [-0.2, 0) is 17.8 Å². The van der Waals surface area contributed by atoms with Crippen LogP contribution in [0.5, 0.6) is 0 Å². The Morgan fingerprint density at radius 2 is 2.03 bits per heavy atom. The van der Waals surface area contributed by atoms with E-state index >= 15 is 0 Å². The van der Waals surface area contributed by atoms with Gasteiger partial charge in [0, 0.05) is 32.8 Å². The molecule has 0 unspecified atom stereocenters. The van der Waals surface area contributed by atoms with Crippen LogP contribution in [0.25, 0.3) is 0 Å². The average molecular weight is 416 g/mol. The number of ether oxygens (including phenoxy) is 1. The monoisotopic (exact) mass is 415 g/mol. The van der Waals surface area contributed by atoms with Gasteiger partial charge in [0.2, 0.25) is 0 Å². The van der Waals surface area contributed by atoms with Gasteiger partial charge in [-0.25, -0.2) is 4.68 Å². The minimum Gasteiger partial charge on any atom is -0.376 e. The van der Waals surface area contributed by atoms with Crippen LogP contribution in [-0.4, -0.2) is 64.7 Å². The van der Waals surface area contributed by atoms with Crippen LogP contribution in [0.2, 0.25) is 0 Å². The lowest BCUT2D eigenvalue weighted by molar-refractivity contribution is -0.0375. The number of thiophene rings is 1.